The minimum atomic E-state index is -3.50. The van der Waals surface area contributed by atoms with Crippen LogP contribution in [0.2, 0.25) is 5.02 Å². The predicted octanol–water partition coefficient (Wildman–Crippen LogP) is 2.98. The van der Waals surface area contributed by atoms with Gasteiger partial charge in [0.2, 0.25) is 10.0 Å². The Morgan fingerprint density at radius 3 is 2.45 bits per heavy atom. The second-order valence-electron chi connectivity index (χ2n) is 4.56. The maximum atomic E-state index is 12.8. The number of sulfonamides is 1. The number of rotatable bonds is 7. The zero-order valence-corrected chi connectivity index (χ0v) is 13.2. The van der Waals surface area contributed by atoms with E-state index in [0.717, 1.165) is 0 Å². The van der Waals surface area contributed by atoms with Crippen LogP contribution >= 0.6 is 11.6 Å². The van der Waals surface area contributed by atoms with E-state index in [1.54, 1.807) is 24.3 Å². The van der Waals surface area contributed by atoms with Crippen LogP contribution in [0.3, 0.4) is 0 Å². The van der Waals surface area contributed by atoms with E-state index in [9.17, 15) is 12.8 Å². The summed E-state index contributed by atoms with van der Waals surface area (Å²) in [5.74, 6) is -0.108. The zero-order chi connectivity index (χ0) is 16.0. The Morgan fingerprint density at radius 1 is 1.09 bits per heavy atom. The minimum Gasteiger partial charge on any atom is -0.491 e. The van der Waals surface area contributed by atoms with Gasteiger partial charge in [-0.15, -0.1) is 0 Å². The molecule has 0 saturated carbocycles. The van der Waals surface area contributed by atoms with Gasteiger partial charge in [0.25, 0.3) is 0 Å². The standard InChI is InChI=1S/C15H15ClFNO3S/c16-14-3-1-2-4-15(14)21-10-9-18-22(19,20)11-12-5-7-13(17)8-6-12/h1-8,18H,9-11H2. The monoisotopic (exact) mass is 343 g/mol. The van der Waals surface area contributed by atoms with E-state index < -0.39 is 15.8 Å². The van der Waals surface area contributed by atoms with Crippen LogP contribution in [0.1, 0.15) is 5.56 Å². The molecule has 0 amide bonds. The third-order valence-electron chi connectivity index (χ3n) is 2.79. The molecule has 0 aliphatic carbocycles. The van der Waals surface area contributed by atoms with E-state index >= 15 is 0 Å². The Labute approximate surface area is 133 Å². The molecule has 4 nitrogen and oxygen atoms in total. The Balaban J connectivity index is 1.80. The summed E-state index contributed by atoms with van der Waals surface area (Å²) in [5.41, 5.74) is 0.515. The van der Waals surface area contributed by atoms with Gasteiger partial charge in [0.15, 0.2) is 0 Å². The normalized spacial score (nSPS) is 11.4. The number of halogens is 2. The molecule has 0 aliphatic heterocycles. The molecule has 0 spiro atoms. The Morgan fingerprint density at radius 2 is 1.77 bits per heavy atom. The SMILES string of the molecule is O=S(=O)(Cc1ccc(F)cc1)NCCOc1ccccc1Cl. The Kier molecular flexibility index (Phi) is 5.76. The van der Waals surface area contributed by atoms with E-state index in [2.05, 4.69) is 4.72 Å². The number of nitrogens with one attached hydrogen (secondary N) is 1. The van der Waals surface area contributed by atoms with Gasteiger partial charge in [-0.3, -0.25) is 0 Å². The van der Waals surface area contributed by atoms with Crippen LogP contribution < -0.4 is 9.46 Å². The molecule has 0 heterocycles. The molecule has 22 heavy (non-hydrogen) atoms. The topological polar surface area (TPSA) is 55.4 Å². The van der Waals surface area contributed by atoms with Crippen molar-refractivity contribution >= 4 is 21.6 Å². The van der Waals surface area contributed by atoms with Gasteiger partial charge in [0, 0.05) is 6.54 Å². The van der Waals surface area contributed by atoms with Crippen molar-refractivity contribution in [2.75, 3.05) is 13.2 Å². The summed E-state index contributed by atoms with van der Waals surface area (Å²) in [5, 5.41) is 0.469. The summed E-state index contributed by atoms with van der Waals surface area (Å²) in [4.78, 5) is 0. The van der Waals surface area contributed by atoms with Crippen molar-refractivity contribution < 1.29 is 17.5 Å². The first-order chi connectivity index (χ1) is 10.5. The third kappa shape index (κ3) is 5.29. The lowest BCUT2D eigenvalue weighted by Crippen LogP contribution is -2.29. The van der Waals surface area contributed by atoms with E-state index in [1.165, 1.54) is 24.3 Å². The zero-order valence-electron chi connectivity index (χ0n) is 11.6. The lowest BCUT2D eigenvalue weighted by Gasteiger charge is -2.09. The van der Waals surface area contributed by atoms with Gasteiger partial charge in [-0.2, -0.15) is 0 Å². The summed E-state index contributed by atoms with van der Waals surface area (Å²) in [7, 11) is -3.50. The largest absolute Gasteiger partial charge is 0.491 e. The molecule has 0 saturated heterocycles. The highest BCUT2D eigenvalue weighted by Gasteiger charge is 2.11. The third-order valence-corrected chi connectivity index (χ3v) is 4.46. The van der Waals surface area contributed by atoms with E-state index in [1.807, 2.05) is 0 Å². The number of benzene rings is 2. The van der Waals surface area contributed by atoms with Gasteiger partial charge in [0.1, 0.15) is 18.2 Å². The van der Waals surface area contributed by atoms with Crippen LogP contribution in [-0.4, -0.2) is 21.6 Å². The van der Waals surface area contributed by atoms with E-state index in [0.29, 0.717) is 16.3 Å². The van der Waals surface area contributed by atoms with Crippen molar-refractivity contribution in [3.05, 3.63) is 64.9 Å². The molecule has 0 aromatic heterocycles. The quantitative estimate of drug-likeness (QED) is 0.786. The first kappa shape index (κ1) is 16.7. The fourth-order valence-corrected chi connectivity index (χ4v) is 3.09. The lowest BCUT2D eigenvalue weighted by atomic mass is 10.2. The first-order valence-corrected chi connectivity index (χ1v) is 8.58. The molecule has 0 unspecified atom stereocenters. The lowest BCUT2D eigenvalue weighted by molar-refractivity contribution is 0.323. The van der Waals surface area contributed by atoms with Crippen LogP contribution in [0, 0.1) is 5.82 Å². The number of ether oxygens (including phenoxy) is 1. The minimum absolute atomic E-state index is 0.120. The smallest absolute Gasteiger partial charge is 0.215 e. The van der Waals surface area contributed by atoms with Crippen LogP contribution in [-0.2, 0) is 15.8 Å². The highest BCUT2D eigenvalue weighted by atomic mass is 35.5. The molecular formula is C15H15ClFNO3S. The highest BCUT2D eigenvalue weighted by Crippen LogP contribution is 2.22. The fourth-order valence-electron chi connectivity index (χ4n) is 1.77. The molecule has 0 bridgehead atoms. The summed E-state index contributed by atoms with van der Waals surface area (Å²) < 4.78 is 44.3. The Hall–Kier alpha value is -1.63. The molecule has 2 rings (SSSR count). The average molecular weight is 344 g/mol. The summed E-state index contributed by atoms with van der Waals surface area (Å²) in [6.45, 7) is 0.279. The van der Waals surface area contributed by atoms with Gasteiger partial charge >= 0.3 is 0 Å². The van der Waals surface area contributed by atoms with Crippen molar-refractivity contribution in [3.8, 4) is 5.75 Å². The van der Waals surface area contributed by atoms with Crippen LogP contribution in [0.5, 0.6) is 5.75 Å². The van der Waals surface area contributed by atoms with Crippen LogP contribution in [0.25, 0.3) is 0 Å². The average Bonchev–Trinajstić information content (AvgIpc) is 2.47. The second-order valence-corrected chi connectivity index (χ2v) is 6.77. The van der Waals surface area contributed by atoms with Gasteiger partial charge in [-0.1, -0.05) is 35.9 Å². The van der Waals surface area contributed by atoms with E-state index in [-0.39, 0.29) is 18.9 Å². The molecule has 2 aromatic carbocycles. The molecule has 0 fully saturated rings. The predicted molar refractivity (Wildman–Crippen MR) is 84.0 cm³/mol. The molecule has 118 valence electrons. The first-order valence-electron chi connectivity index (χ1n) is 6.55. The molecule has 7 heteroatoms. The summed E-state index contributed by atoms with van der Waals surface area (Å²) >= 11 is 5.92. The van der Waals surface area contributed by atoms with Crippen molar-refractivity contribution in [2.24, 2.45) is 0 Å². The summed E-state index contributed by atoms with van der Waals surface area (Å²) in [6, 6.07) is 12.3. The summed E-state index contributed by atoms with van der Waals surface area (Å²) in [6.07, 6.45) is 0. The van der Waals surface area contributed by atoms with Gasteiger partial charge in [-0.05, 0) is 29.8 Å². The van der Waals surface area contributed by atoms with Crippen molar-refractivity contribution in [1.29, 1.82) is 0 Å². The van der Waals surface area contributed by atoms with E-state index in [4.69, 9.17) is 16.3 Å². The fraction of sp³-hybridized carbons (Fsp3) is 0.200. The van der Waals surface area contributed by atoms with Crippen molar-refractivity contribution in [1.82, 2.24) is 4.72 Å². The maximum absolute atomic E-state index is 12.8. The van der Waals surface area contributed by atoms with Gasteiger partial charge in [-0.25, -0.2) is 17.5 Å². The Bertz CT molecular complexity index is 720. The molecule has 1 N–H and O–H groups in total. The molecule has 0 atom stereocenters. The number of hydrogen-bond acceptors (Lipinski definition) is 3. The molecule has 2 aromatic rings. The second kappa shape index (κ2) is 7.58. The van der Waals surface area contributed by atoms with Crippen LogP contribution in [0.4, 0.5) is 4.39 Å². The maximum Gasteiger partial charge on any atom is 0.215 e. The molecule has 0 radical (unpaired) electrons. The van der Waals surface area contributed by atoms with Gasteiger partial charge < -0.3 is 4.74 Å². The van der Waals surface area contributed by atoms with Crippen LogP contribution in [0.15, 0.2) is 48.5 Å². The number of para-hydroxylation sites is 1. The molecular weight excluding hydrogens is 329 g/mol. The number of hydrogen-bond donors (Lipinski definition) is 1. The van der Waals surface area contributed by atoms with Gasteiger partial charge in [0.05, 0.1) is 10.8 Å². The van der Waals surface area contributed by atoms with Crippen molar-refractivity contribution in [2.45, 2.75) is 5.75 Å². The highest BCUT2D eigenvalue weighted by molar-refractivity contribution is 7.88. The molecule has 0 aliphatic rings. The van der Waals surface area contributed by atoms with Crippen molar-refractivity contribution in [3.63, 3.8) is 0 Å².